The molecule has 0 amide bonds. The first kappa shape index (κ1) is 13.2. The summed E-state index contributed by atoms with van der Waals surface area (Å²) in [5, 5.41) is 0.749. The summed E-state index contributed by atoms with van der Waals surface area (Å²) in [5.74, 6) is 0. The lowest BCUT2D eigenvalue weighted by Gasteiger charge is -2.02. The highest BCUT2D eigenvalue weighted by molar-refractivity contribution is 8.16. The number of rotatable bonds is 3. The third kappa shape index (κ3) is 3.96. The van der Waals surface area contributed by atoms with Crippen molar-refractivity contribution in [2.24, 2.45) is 0 Å². The van der Waals surface area contributed by atoms with E-state index in [4.69, 9.17) is 10.7 Å². The van der Waals surface area contributed by atoms with Gasteiger partial charge in [0, 0.05) is 22.3 Å². The first-order valence-electron chi connectivity index (χ1n) is 4.12. The average Bonchev–Trinajstić information content (AvgIpc) is 2.12. The lowest BCUT2D eigenvalue weighted by Crippen LogP contribution is -1.99. The van der Waals surface area contributed by atoms with Gasteiger partial charge in [-0.15, -0.1) is 0 Å². The Hall–Kier alpha value is -0.850. The fraction of sp³-hybridized carbons (Fsp3) is 0.111. The van der Waals surface area contributed by atoms with Crippen LogP contribution in [0.15, 0.2) is 34.6 Å². The van der Waals surface area contributed by atoms with E-state index in [9.17, 15) is 16.8 Å². The lowest BCUT2D eigenvalue weighted by molar-refractivity contribution is 0.601. The van der Waals surface area contributed by atoms with E-state index in [2.05, 4.69) is 0 Å². The summed E-state index contributed by atoms with van der Waals surface area (Å²) in [6, 6.07) is 6.06. The fourth-order valence-electron chi connectivity index (χ4n) is 1.11. The van der Waals surface area contributed by atoms with Gasteiger partial charge in [-0.05, 0) is 17.7 Å². The predicted molar refractivity (Wildman–Crippen MR) is 63.4 cm³/mol. The smallest absolute Gasteiger partial charge is 0.224 e. The monoisotopic (exact) mass is 280 g/mol. The van der Waals surface area contributed by atoms with Crippen molar-refractivity contribution < 1.29 is 16.8 Å². The molecule has 88 valence electrons. The van der Waals surface area contributed by atoms with E-state index < -0.39 is 18.9 Å². The summed E-state index contributed by atoms with van der Waals surface area (Å²) in [5.41, 5.74) is 0.286. The van der Waals surface area contributed by atoms with Crippen LogP contribution in [0, 0.1) is 0 Å². The summed E-state index contributed by atoms with van der Waals surface area (Å²) in [4.78, 5) is 0.0616. The Labute approximate surface area is 98.9 Å². The topological polar surface area (TPSA) is 68.3 Å². The van der Waals surface area contributed by atoms with Gasteiger partial charge in [0.25, 0.3) is 9.05 Å². The van der Waals surface area contributed by atoms with E-state index in [0.717, 1.165) is 17.7 Å². The van der Waals surface area contributed by atoms with Crippen molar-refractivity contribution in [3.8, 4) is 0 Å². The molecule has 0 bridgehead atoms. The first-order chi connectivity index (χ1) is 7.20. The van der Waals surface area contributed by atoms with Crippen LogP contribution in [0.5, 0.6) is 0 Å². The van der Waals surface area contributed by atoms with E-state index in [1.165, 1.54) is 12.1 Å². The summed E-state index contributed by atoms with van der Waals surface area (Å²) in [6.45, 7) is 0. The molecule has 7 heteroatoms. The van der Waals surface area contributed by atoms with Crippen LogP contribution in [-0.4, -0.2) is 23.1 Å². The summed E-state index contributed by atoms with van der Waals surface area (Å²) in [7, 11) is -2.19. The second-order valence-electron chi connectivity index (χ2n) is 3.09. The van der Waals surface area contributed by atoms with Crippen molar-refractivity contribution in [3.63, 3.8) is 0 Å². The van der Waals surface area contributed by atoms with Gasteiger partial charge in [-0.3, -0.25) is 0 Å². The molecule has 4 nitrogen and oxygen atoms in total. The molecule has 1 aromatic rings. The molecule has 0 aliphatic heterocycles. The fourth-order valence-corrected chi connectivity index (χ4v) is 2.46. The van der Waals surface area contributed by atoms with Crippen molar-refractivity contribution in [1.82, 2.24) is 0 Å². The zero-order valence-electron chi connectivity index (χ0n) is 8.29. The molecule has 0 atom stereocenters. The third-order valence-electron chi connectivity index (χ3n) is 1.73. The predicted octanol–water partition coefficient (Wildman–Crippen LogP) is 1.63. The third-order valence-corrected chi connectivity index (χ3v) is 3.67. The van der Waals surface area contributed by atoms with Gasteiger partial charge < -0.3 is 0 Å². The highest BCUT2D eigenvalue weighted by Crippen LogP contribution is 2.17. The first-order valence-corrected chi connectivity index (χ1v) is 8.38. The largest absolute Gasteiger partial charge is 0.254 e. The normalized spacial score (nSPS) is 13.1. The zero-order chi connectivity index (χ0) is 12.4. The van der Waals surface area contributed by atoms with Gasteiger partial charge >= 0.3 is 0 Å². The standard InChI is InChI=1S/C9H9ClO4S2/c1-15(11,12)9-5-3-2-4-8(9)6-7-16(10,13)14/h2-7H,1H3. The molecule has 0 saturated heterocycles. The molecular formula is C9H9ClO4S2. The van der Waals surface area contributed by atoms with Crippen molar-refractivity contribution in [2.75, 3.05) is 6.26 Å². The second-order valence-corrected chi connectivity index (χ2v) is 7.59. The van der Waals surface area contributed by atoms with Crippen LogP contribution >= 0.6 is 10.7 Å². The Kier molecular flexibility index (Phi) is 3.77. The highest BCUT2D eigenvalue weighted by Gasteiger charge is 2.10. The Balaban J connectivity index is 3.32. The maximum atomic E-state index is 11.4. The minimum Gasteiger partial charge on any atom is -0.224 e. The van der Waals surface area contributed by atoms with Gasteiger partial charge in [0.1, 0.15) is 0 Å². The van der Waals surface area contributed by atoms with Crippen LogP contribution in [0.4, 0.5) is 0 Å². The molecule has 0 N–H and O–H groups in total. The van der Waals surface area contributed by atoms with E-state index in [1.54, 1.807) is 12.1 Å². The Morgan fingerprint density at radius 1 is 1.12 bits per heavy atom. The van der Waals surface area contributed by atoms with Gasteiger partial charge in [-0.25, -0.2) is 16.8 Å². The molecule has 0 radical (unpaired) electrons. The van der Waals surface area contributed by atoms with E-state index in [1.807, 2.05) is 0 Å². The van der Waals surface area contributed by atoms with Crippen LogP contribution in [0.25, 0.3) is 6.08 Å². The summed E-state index contributed by atoms with van der Waals surface area (Å²) >= 11 is 0. The molecule has 0 saturated carbocycles. The quantitative estimate of drug-likeness (QED) is 0.789. The second kappa shape index (κ2) is 4.57. The summed E-state index contributed by atoms with van der Waals surface area (Å²) < 4.78 is 44.1. The van der Waals surface area contributed by atoms with Crippen LogP contribution in [-0.2, 0) is 18.9 Å². The Morgan fingerprint density at radius 2 is 1.69 bits per heavy atom. The number of benzene rings is 1. The van der Waals surface area contributed by atoms with Crippen molar-refractivity contribution >= 4 is 35.6 Å². The Morgan fingerprint density at radius 3 is 2.19 bits per heavy atom. The SMILES string of the molecule is CS(=O)(=O)c1ccccc1C=CS(=O)(=O)Cl. The molecule has 0 spiro atoms. The molecular weight excluding hydrogens is 272 g/mol. The molecule has 0 heterocycles. The van der Waals surface area contributed by atoms with Gasteiger partial charge in [0.2, 0.25) is 0 Å². The molecule has 0 fully saturated rings. The molecule has 0 aliphatic carbocycles. The van der Waals surface area contributed by atoms with Crippen molar-refractivity contribution in [2.45, 2.75) is 4.90 Å². The number of hydrogen-bond acceptors (Lipinski definition) is 4. The Bertz CT molecular complexity index is 615. The molecule has 0 aromatic heterocycles. The van der Waals surface area contributed by atoms with Gasteiger partial charge in [0.15, 0.2) is 9.84 Å². The maximum Gasteiger partial charge on any atom is 0.254 e. The average molecular weight is 281 g/mol. The maximum absolute atomic E-state index is 11.4. The molecule has 16 heavy (non-hydrogen) atoms. The molecule has 0 unspecified atom stereocenters. The van der Waals surface area contributed by atoms with Crippen LogP contribution < -0.4 is 0 Å². The van der Waals surface area contributed by atoms with Gasteiger partial charge in [0.05, 0.1) is 4.90 Å². The lowest BCUT2D eigenvalue weighted by atomic mass is 10.2. The number of hydrogen-bond donors (Lipinski definition) is 0. The van der Waals surface area contributed by atoms with Gasteiger partial charge in [-0.1, -0.05) is 18.2 Å². The van der Waals surface area contributed by atoms with E-state index in [-0.39, 0.29) is 10.5 Å². The molecule has 1 rings (SSSR count). The number of sulfone groups is 1. The van der Waals surface area contributed by atoms with E-state index in [0.29, 0.717) is 0 Å². The van der Waals surface area contributed by atoms with Crippen LogP contribution in [0.2, 0.25) is 0 Å². The van der Waals surface area contributed by atoms with Gasteiger partial charge in [-0.2, -0.15) is 0 Å². The van der Waals surface area contributed by atoms with Crippen molar-refractivity contribution in [1.29, 1.82) is 0 Å². The zero-order valence-corrected chi connectivity index (χ0v) is 10.7. The number of halogens is 1. The van der Waals surface area contributed by atoms with Crippen LogP contribution in [0.3, 0.4) is 0 Å². The van der Waals surface area contributed by atoms with Crippen LogP contribution in [0.1, 0.15) is 5.56 Å². The van der Waals surface area contributed by atoms with E-state index >= 15 is 0 Å². The highest BCUT2D eigenvalue weighted by atomic mass is 35.7. The summed E-state index contributed by atoms with van der Waals surface area (Å²) in [6.07, 6.45) is 2.20. The molecule has 0 aliphatic rings. The van der Waals surface area contributed by atoms with Crippen molar-refractivity contribution in [3.05, 3.63) is 35.2 Å². The minimum absolute atomic E-state index is 0.0616. The molecule has 1 aromatic carbocycles. The minimum atomic E-state index is -3.79.